The molecule has 4 nitrogen and oxygen atoms in total. The zero-order valence-electron chi connectivity index (χ0n) is 11.3. The molecule has 0 aromatic heterocycles. The lowest BCUT2D eigenvalue weighted by molar-refractivity contribution is 0.00514. The van der Waals surface area contributed by atoms with Gasteiger partial charge < -0.3 is 9.84 Å². The highest BCUT2D eigenvalue weighted by Gasteiger charge is 2.38. The molecule has 4 heteroatoms. The molecule has 3 heterocycles. The lowest BCUT2D eigenvalue weighted by atomic mass is 9.87. The van der Waals surface area contributed by atoms with Crippen LogP contribution in [0.3, 0.4) is 0 Å². The van der Waals surface area contributed by atoms with Gasteiger partial charge in [0.1, 0.15) is 0 Å². The van der Waals surface area contributed by atoms with E-state index >= 15 is 0 Å². The maximum Gasteiger partial charge on any atom is 0.0557 e. The number of hydrogen-bond donors (Lipinski definition) is 1. The van der Waals surface area contributed by atoms with Gasteiger partial charge in [0.05, 0.1) is 13.2 Å². The number of nitrogens with zero attached hydrogens (tertiary/aromatic N) is 2. The molecule has 3 rings (SSSR count). The Hall–Kier alpha value is -0.160. The summed E-state index contributed by atoms with van der Waals surface area (Å²) in [6.45, 7) is 7.74. The summed E-state index contributed by atoms with van der Waals surface area (Å²) in [4.78, 5) is 5.23. The first-order chi connectivity index (χ1) is 8.81. The Morgan fingerprint density at radius 3 is 2.94 bits per heavy atom. The Morgan fingerprint density at radius 1 is 1.22 bits per heavy atom. The number of ether oxygens (including phenoxy) is 1. The first-order valence-corrected chi connectivity index (χ1v) is 7.46. The van der Waals surface area contributed by atoms with Crippen molar-refractivity contribution in [2.75, 3.05) is 52.5 Å². The normalized spacial score (nSPS) is 38.8. The van der Waals surface area contributed by atoms with Gasteiger partial charge in [-0.05, 0) is 25.8 Å². The van der Waals surface area contributed by atoms with E-state index in [9.17, 15) is 5.11 Å². The van der Waals surface area contributed by atoms with Crippen LogP contribution in [0.4, 0.5) is 0 Å². The summed E-state index contributed by atoms with van der Waals surface area (Å²) in [5, 5.41) is 9.66. The zero-order valence-corrected chi connectivity index (χ0v) is 11.3. The number of aliphatic hydroxyl groups excluding tert-OH is 1. The molecule has 0 aromatic rings. The molecule has 3 fully saturated rings. The number of aliphatic hydroxyl groups is 1. The third-order valence-electron chi connectivity index (χ3n) is 5.00. The minimum absolute atomic E-state index is 0.0246. The molecule has 104 valence electrons. The van der Waals surface area contributed by atoms with Crippen molar-refractivity contribution in [3.05, 3.63) is 0 Å². The van der Waals surface area contributed by atoms with Gasteiger partial charge in [0.25, 0.3) is 0 Å². The predicted molar refractivity (Wildman–Crippen MR) is 70.6 cm³/mol. The number of rotatable bonds is 3. The second kappa shape index (κ2) is 5.45. The number of piperazine rings is 1. The molecule has 0 radical (unpaired) electrons. The highest BCUT2D eigenvalue weighted by molar-refractivity contribution is 4.91. The molecule has 0 bridgehead atoms. The maximum absolute atomic E-state index is 9.66. The van der Waals surface area contributed by atoms with Crippen molar-refractivity contribution >= 4 is 0 Å². The standard InChI is InChI=1S/C14H26N2O2/c17-11-14(4-8-18-12-14)10-15-6-7-16-5-2-1-3-13(16)9-15/h13,17H,1-12H2. The SMILES string of the molecule is OCC1(CN2CCN3CCCCC3C2)CCOC1. The molecular formula is C14H26N2O2. The lowest BCUT2D eigenvalue weighted by Crippen LogP contribution is -2.57. The van der Waals surface area contributed by atoms with Gasteiger partial charge in [0.2, 0.25) is 0 Å². The van der Waals surface area contributed by atoms with Crippen molar-refractivity contribution in [1.82, 2.24) is 9.80 Å². The van der Waals surface area contributed by atoms with E-state index in [1.165, 1.54) is 38.9 Å². The highest BCUT2D eigenvalue weighted by atomic mass is 16.5. The topological polar surface area (TPSA) is 35.9 Å². The van der Waals surface area contributed by atoms with Gasteiger partial charge in [0.15, 0.2) is 0 Å². The monoisotopic (exact) mass is 254 g/mol. The fraction of sp³-hybridized carbons (Fsp3) is 1.00. The molecule has 2 unspecified atom stereocenters. The van der Waals surface area contributed by atoms with Gasteiger partial charge in [-0.1, -0.05) is 6.42 Å². The summed E-state index contributed by atoms with van der Waals surface area (Å²) in [7, 11) is 0. The number of hydrogen-bond acceptors (Lipinski definition) is 4. The van der Waals surface area contributed by atoms with Crippen LogP contribution in [0.25, 0.3) is 0 Å². The third-order valence-corrected chi connectivity index (χ3v) is 5.00. The van der Waals surface area contributed by atoms with E-state index in [2.05, 4.69) is 9.80 Å². The first-order valence-electron chi connectivity index (χ1n) is 7.46. The second-order valence-corrected chi connectivity index (χ2v) is 6.38. The van der Waals surface area contributed by atoms with E-state index in [1.807, 2.05) is 0 Å². The summed E-state index contributed by atoms with van der Waals surface area (Å²) in [5.74, 6) is 0. The largest absolute Gasteiger partial charge is 0.396 e. The van der Waals surface area contributed by atoms with Crippen LogP contribution in [-0.2, 0) is 4.74 Å². The third kappa shape index (κ3) is 2.57. The number of fused-ring (bicyclic) bond motifs is 1. The fourth-order valence-corrected chi connectivity index (χ4v) is 3.79. The van der Waals surface area contributed by atoms with E-state index in [0.29, 0.717) is 0 Å². The molecule has 0 saturated carbocycles. The van der Waals surface area contributed by atoms with Gasteiger partial charge >= 0.3 is 0 Å². The van der Waals surface area contributed by atoms with Crippen LogP contribution in [0.15, 0.2) is 0 Å². The summed E-state index contributed by atoms with van der Waals surface area (Å²) in [6.07, 6.45) is 5.15. The maximum atomic E-state index is 9.66. The Kier molecular flexibility index (Phi) is 3.89. The van der Waals surface area contributed by atoms with E-state index in [-0.39, 0.29) is 12.0 Å². The highest BCUT2D eigenvalue weighted by Crippen LogP contribution is 2.30. The van der Waals surface area contributed by atoms with Gasteiger partial charge in [-0.25, -0.2) is 0 Å². The lowest BCUT2D eigenvalue weighted by Gasteiger charge is -2.46. The van der Waals surface area contributed by atoms with Crippen LogP contribution in [0.5, 0.6) is 0 Å². The Bertz CT molecular complexity index is 279. The summed E-state index contributed by atoms with van der Waals surface area (Å²) in [6, 6.07) is 0.769. The van der Waals surface area contributed by atoms with Crippen LogP contribution in [-0.4, -0.2) is 73.5 Å². The minimum atomic E-state index is 0.0246. The van der Waals surface area contributed by atoms with E-state index in [0.717, 1.165) is 38.8 Å². The molecule has 0 aliphatic carbocycles. The predicted octanol–water partition coefficient (Wildman–Crippen LogP) is 0.556. The van der Waals surface area contributed by atoms with Crippen molar-refractivity contribution in [3.63, 3.8) is 0 Å². The average Bonchev–Trinajstić information content (AvgIpc) is 2.88. The van der Waals surface area contributed by atoms with Crippen molar-refractivity contribution < 1.29 is 9.84 Å². The van der Waals surface area contributed by atoms with Gasteiger partial charge in [0, 0.05) is 44.2 Å². The Labute approximate surface area is 110 Å². The number of piperidine rings is 1. The molecule has 18 heavy (non-hydrogen) atoms. The molecule has 2 atom stereocenters. The van der Waals surface area contributed by atoms with Crippen LogP contribution in [0.2, 0.25) is 0 Å². The summed E-state index contributed by atoms with van der Waals surface area (Å²) < 4.78 is 5.50. The van der Waals surface area contributed by atoms with Crippen molar-refractivity contribution in [3.8, 4) is 0 Å². The molecule has 3 aliphatic rings. The van der Waals surface area contributed by atoms with Gasteiger partial charge in [-0.3, -0.25) is 9.80 Å². The van der Waals surface area contributed by atoms with Crippen molar-refractivity contribution in [2.45, 2.75) is 31.7 Å². The summed E-state index contributed by atoms with van der Waals surface area (Å²) >= 11 is 0. The zero-order chi connectivity index (χ0) is 12.4. The van der Waals surface area contributed by atoms with Gasteiger partial charge in [-0.2, -0.15) is 0 Å². The molecular weight excluding hydrogens is 228 g/mol. The Balaban J connectivity index is 1.57. The molecule has 0 spiro atoms. The van der Waals surface area contributed by atoms with Crippen molar-refractivity contribution in [1.29, 1.82) is 0 Å². The smallest absolute Gasteiger partial charge is 0.0557 e. The second-order valence-electron chi connectivity index (χ2n) is 6.38. The van der Waals surface area contributed by atoms with E-state index < -0.39 is 0 Å². The molecule has 3 aliphatic heterocycles. The minimum Gasteiger partial charge on any atom is -0.396 e. The van der Waals surface area contributed by atoms with Crippen LogP contribution in [0, 0.1) is 5.41 Å². The first kappa shape index (κ1) is 12.9. The molecule has 0 aromatic carbocycles. The van der Waals surface area contributed by atoms with Crippen molar-refractivity contribution in [2.24, 2.45) is 5.41 Å². The fourth-order valence-electron chi connectivity index (χ4n) is 3.79. The average molecular weight is 254 g/mol. The van der Waals surface area contributed by atoms with Gasteiger partial charge in [-0.15, -0.1) is 0 Å². The van der Waals surface area contributed by atoms with E-state index in [1.54, 1.807) is 0 Å². The summed E-state index contributed by atoms with van der Waals surface area (Å²) in [5.41, 5.74) is 0.0246. The Morgan fingerprint density at radius 2 is 2.17 bits per heavy atom. The van der Waals surface area contributed by atoms with Crippen LogP contribution in [0.1, 0.15) is 25.7 Å². The van der Waals surface area contributed by atoms with Crippen LogP contribution >= 0.6 is 0 Å². The molecule has 0 amide bonds. The quantitative estimate of drug-likeness (QED) is 0.798. The van der Waals surface area contributed by atoms with E-state index in [4.69, 9.17) is 4.74 Å². The molecule has 1 N–H and O–H groups in total. The molecule has 3 saturated heterocycles. The van der Waals surface area contributed by atoms with Crippen LogP contribution < -0.4 is 0 Å².